The molecule has 9 nitrogen and oxygen atoms in total. The molecule has 1 atom stereocenters. The van der Waals surface area contributed by atoms with E-state index in [0.717, 1.165) is 11.1 Å². The van der Waals surface area contributed by atoms with Gasteiger partial charge in [-0.05, 0) is 85.9 Å². The van der Waals surface area contributed by atoms with E-state index < -0.39 is 18.6 Å². The van der Waals surface area contributed by atoms with Crippen molar-refractivity contribution in [1.29, 1.82) is 0 Å². The molecule has 0 spiro atoms. The van der Waals surface area contributed by atoms with Gasteiger partial charge in [0.1, 0.15) is 18.2 Å². The van der Waals surface area contributed by atoms with E-state index in [-0.39, 0.29) is 46.9 Å². The number of aromatic nitrogens is 3. The molecule has 45 heavy (non-hydrogen) atoms. The fourth-order valence-electron chi connectivity index (χ4n) is 5.62. The third-order valence-electron chi connectivity index (χ3n) is 7.95. The maximum Gasteiger partial charge on any atom is 0.573 e. The molecule has 0 radical (unpaired) electrons. The third kappa shape index (κ3) is 8.02. The summed E-state index contributed by atoms with van der Waals surface area (Å²) in [6.07, 6.45) is -2.06. The topological polar surface area (TPSA) is 102 Å². The zero-order valence-corrected chi connectivity index (χ0v) is 25.9. The van der Waals surface area contributed by atoms with Gasteiger partial charge in [0.15, 0.2) is 11.0 Å². The number of thioether (sulfide) groups is 1. The molecule has 2 aliphatic rings. The summed E-state index contributed by atoms with van der Waals surface area (Å²) in [5.74, 6) is 0.193. The number of aryl methyl sites for hydroxylation is 1. The van der Waals surface area contributed by atoms with Crippen molar-refractivity contribution < 1.29 is 31.9 Å². The van der Waals surface area contributed by atoms with Gasteiger partial charge >= 0.3 is 12.4 Å². The van der Waals surface area contributed by atoms with Gasteiger partial charge < -0.3 is 10.1 Å². The highest BCUT2D eigenvalue weighted by Gasteiger charge is 2.34. The number of carbonyl (C=O) groups excluding carboxylic acids is 2. The Morgan fingerprint density at radius 3 is 2.51 bits per heavy atom. The molecule has 2 heterocycles. The molecule has 2 aromatic carbocycles. The predicted octanol–water partition coefficient (Wildman–Crippen LogP) is 7.06. The Bertz CT molecular complexity index is 1550. The minimum Gasteiger partial charge on any atom is -0.406 e. The van der Waals surface area contributed by atoms with Crippen molar-refractivity contribution in [2.24, 2.45) is 10.9 Å². The minimum atomic E-state index is -4.77. The number of amides is 3. The average molecular weight is 647 g/mol. The molecule has 1 aliphatic carbocycles. The van der Waals surface area contributed by atoms with Crippen molar-refractivity contribution in [3.63, 3.8) is 0 Å². The molecular formula is C31H34F4N6O3S. The van der Waals surface area contributed by atoms with Crippen LogP contribution >= 0.6 is 11.8 Å². The van der Waals surface area contributed by atoms with Crippen molar-refractivity contribution in [1.82, 2.24) is 20.1 Å². The lowest BCUT2D eigenvalue weighted by Crippen LogP contribution is -2.36. The molecule has 1 saturated carbocycles. The molecule has 1 saturated heterocycles. The van der Waals surface area contributed by atoms with Crippen LogP contribution in [0.3, 0.4) is 0 Å². The van der Waals surface area contributed by atoms with E-state index in [1.807, 2.05) is 39.0 Å². The van der Waals surface area contributed by atoms with Crippen LogP contribution < -0.4 is 15.0 Å². The maximum atomic E-state index is 15.2. The molecule has 2 fully saturated rings. The van der Waals surface area contributed by atoms with Gasteiger partial charge in [-0.3, -0.25) is 9.69 Å². The highest BCUT2D eigenvalue weighted by atomic mass is 32.2. The van der Waals surface area contributed by atoms with Crippen LogP contribution in [-0.2, 0) is 4.79 Å². The van der Waals surface area contributed by atoms with E-state index in [0.29, 0.717) is 42.9 Å². The molecule has 1 aromatic heterocycles. The summed E-state index contributed by atoms with van der Waals surface area (Å²) in [5.41, 5.74) is 3.19. The standard InChI is InChI=1S/C31H34F4N6O3S/c1-18(2)24-13-4-19(3)14-26(24)41-27(42)16-45-30(41)38-29(43)36-15-25(32)20-5-7-21(8-6-20)28-37-17-40(39-28)22-9-11-23(12-10-22)44-31(33,34)35/h4,9-14,17-18,20-21,25H,5-8,15-16H2,1-3H3,(H,36,43)/b38-30-. The quantitative estimate of drug-likeness (QED) is 0.263. The molecule has 240 valence electrons. The van der Waals surface area contributed by atoms with Crippen molar-refractivity contribution in [2.75, 3.05) is 17.2 Å². The number of ether oxygens (including phenoxy) is 1. The Morgan fingerprint density at radius 1 is 1.13 bits per heavy atom. The average Bonchev–Trinajstić information content (AvgIpc) is 3.62. The molecule has 3 aromatic rings. The monoisotopic (exact) mass is 646 g/mol. The van der Waals surface area contributed by atoms with Crippen molar-refractivity contribution in [3.05, 3.63) is 65.7 Å². The van der Waals surface area contributed by atoms with Gasteiger partial charge in [-0.15, -0.1) is 13.2 Å². The largest absolute Gasteiger partial charge is 0.573 e. The lowest BCUT2D eigenvalue weighted by molar-refractivity contribution is -0.274. The second kappa shape index (κ2) is 13.6. The lowest BCUT2D eigenvalue weighted by atomic mass is 9.79. The van der Waals surface area contributed by atoms with Crippen molar-refractivity contribution in [3.8, 4) is 11.4 Å². The number of urea groups is 1. The number of rotatable bonds is 8. The van der Waals surface area contributed by atoms with E-state index in [1.54, 1.807) is 0 Å². The minimum absolute atomic E-state index is 0.0174. The first-order valence-electron chi connectivity index (χ1n) is 14.7. The zero-order chi connectivity index (χ0) is 32.3. The Morgan fingerprint density at radius 2 is 1.84 bits per heavy atom. The van der Waals surface area contributed by atoms with E-state index in [2.05, 4.69) is 25.1 Å². The summed E-state index contributed by atoms with van der Waals surface area (Å²) in [6, 6.07) is 10.5. The van der Waals surface area contributed by atoms with Crippen LogP contribution in [0.2, 0.25) is 0 Å². The summed E-state index contributed by atoms with van der Waals surface area (Å²) in [5, 5.41) is 7.33. The van der Waals surface area contributed by atoms with E-state index >= 15 is 4.39 Å². The van der Waals surface area contributed by atoms with Gasteiger partial charge in [-0.2, -0.15) is 10.1 Å². The summed E-state index contributed by atoms with van der Waals surface area (Å²) in [7, 11) is 0. The number of nitrogens with one attached hydrogen (secondary N) is 1. The van der Waals surface area contributed by atoms with Gasteiger partial charge in [0.05, 0.1) is 23.7 Å². The maximum absolute atomic E-state index is 15.2. The smallest absolute Gasteiger partial charge is 0.406 e. The fourth-order valence-corrected chi connectivity index (χ4v) is 6.48. The van der Waals surface area contributed by atoms with E-state index in [1.165, 1.54) is 51.9 Å². The third-order valence-corrected chi connectivity index (χ3v) is 8.88. The highest BCUT2D eigenvalue weighted by Crippen LogP contribution is 2.37. The van der Waals surface area contributed by atoms with Crippen LogP contribution in [0.4, 0.5) is 28.0 Å². The number of hydrogen-bond donors (Lipinski definition) is 1. The number of benzene rings is 2. The number of anilines is 1. The number of aliphatic imine (C=N–C) groups is 1. The summed E-state index contributed by atoms with van der Waals surface area (Å²) < 4.78 is 57.8. The van der Waals surface area contributed by atoms with Crippen LogP contribution in [0.25, 0.3) is 5.69 Å². The first-order chi connectivity index (χ1) is 21.4. The first kappa shape index (κ1) is 32.5. The summed E-state index contributed by atoms with van der Waals surface area (Å²) >= 11 is 1.18. The fraction of sp³-hybridized carbons (Fsp3) is 0.452. The van der Waals surface area contributed by atoms with Gasteiger partial charge in [0.2, 0.25) is 5.91 Å². The van der Waals surface area contributed by atoms with Crippen LogP contribution in [0.15, 0.2) is 53.8 Å². The van der Waals surface area contributed by atoms with E-state index in [9.17, 15) is 22.8 Å². The van der Waals surface area contributed by atoms with Crippen LogP contribution in [0, 0.1) is 12.8 Å². The van der Waals surface area contributed by atoms with Gasteiger partial charge in [-0.1, -0.05) is 37.7 Å². The van der Waals surface area contributed by atoms with Crippen LogP contribution in [0.5, 0.6) is 5.75 Å². The number of amidine groups is 1. The Kier molecular flexibility index (Phi) is 9.80. The SMILES string of the molecule is Cc1ccc(C(C)C)c(N2C(=O)CS/C2=N\C(=O)NCC(F)C2CCC(c3ncn(-c4ccc(OC(F)(F)F)cc4)n3)CC2)c1. The lowest BCUT2D eigenvalue weighted by Gasteiger charge is -2.29. The molecule has 14 heteroatoms. The molecular weight excluding hydrogens is 612 g/mol. The second-order valence-corrected chi connectivity index (χ2v) is 12.5. The van der Waals surface area contributed by atoms with E-state index in [4.69, 9.17) is 0 Å². The number of nitrogens with zero attached hydrogens (tertiary/aromatic N) is 5. The predicted molar refractivity (Wildman–Crippen MR) is 164 cm³/mol. The molecule has 1 aliphatic heterocycles. The van der Waals surface area contributed by atoms with Crippen molar-refractivity contribution >= 4 is 34.6 Å². The van der Waals surface area contributed by atoms with Gasteiger partial charge in [0.25, 0.3) is 0 Å². The number of hydrogen-bond acceptors (Lipinski definition) is 6. The zero-order valence-electron chi connectivity index (χ0n) is 25.1. The summed E-state index contributed by atoms with van der Waals surface area (Å²) in [4.78, 5) is 35.4. The van der Waals surface area contributed by atoms with Crippen LogP contribution in [-0.4, -0.2) is 56.7 Å². The Balaban J connectivity index is 1.13. The van der Waals surface area contributed by atoms with Gasteiger partial charge in [0, 0.05) is 5.92 Å². The number of halogens is 4. The molecule has 0 bridgehead atoms. The molecule has 1 N–H and O–H groups in total. The Hall–Kier alpha value is -3.94. The highest BCUT2D eigenvalue weighted by molar-refractivity contribution is 8.15. The van der Waals surface area contributed by atoms with Crippen molar-refractivity contribution in [2.45, 2.75) is 70.8 Å². The molecule has 1 unspecified atom stereocenters. The number of alkyl halides is 4. The Labute approximate surface area is 262 Å². The summed E-state index contributed by atoms with van der Waals surface area (Å²) in [6.45, 7) is 5.82. The van der Waals surface area contributed by atoms with Crippen LogP contribution in [0.1, 0.15) is 68.3 Å². The normalized spacial score (nSPS) is 20.6. The molecule has 5 rings (SSSR count). The first-order valence-corrected chi connectivity index (χ1v) is 15.7. The molecule has 3 amide bonds. The number of carbonyl (C=O) groups is 2. The van der Waals surface area contributed by atoms with Gasteiger partial charge in [-0.25, -0.2) is 18.9 Å². The second-order valence-electron chi connectivity index (χ2n) is 11.5.